The summed E-state index contributed by atoms with van der Waals surface area (Å²) >= 11 is 0. The van der Waals surface area contributed by atoms with Gasteiger partial charge in [-0.25, -0.2) is 4.79 Å². The number of rotatable bonds is 4. The molecule has 0 aromatic heterocycles. The van der Waals surface area contributed by atoms with Gasteiger partial charge in [-0.15, -0.1) is 0 Å². The molecule has 1 saturated heterocycles. The van der Waals surface area contributed by atoms with Crippen LogP contribution in [0.5, 0.6) is 0 Å². The number of carbonyl (C=O) groups is 1. The quantitative estimate of drug-likeness (QED) is 0.829. The summed E-state index contributed by atoms with van der Waals surface area (Å²) in [5, 5.41) is 13.2. The monoisotopic (exact) mass is 286 g/mol. The summed E-state index contributed by atoms with van der Waals surface area (Å²) in [4.78, 5) is 13.8. The molecule has 0 bridgehead atoms. The maximum atomic E-state index is 12.0. The lowest BCUT2D eigenvalue weighted by molar-refractivity contribution is 0.0180. The molecule has 118 valence electrons. The van der Waals surface area contributed by atoms with Crippen LogP contribution in [0.15, 0.2) is 0 Å². The zero-order chi connectivity index (χ0) is 15.3. The first-order valence-corrected chi connectivity index (χ1v) is 7.58. The highest BCUT2D eigenvalue weighted by Crippen LogP contribution is 2.15. The van der Waals surface area contributed by atoms with E-state index >= 15 is 0 Å². The van der Waals surface area contributed by atoms with Crippen molar-refractivity contribution in [2.45, 2.75) is 65.2 Å². The minimum Gasteiger partial charge on any atom is -0.444 e. The summed E-state index contributed by atoms with van der Waals surface area (Å²) in [6.45, 7) is 11.6. The van der Waals surface area contributed by atoms with Crippen molar-refractivity contribution in [3.63, 3.8) is 0 Å². The van der Waals surface area contributed by atoms with E-state index in [9.17, 15) is 9.90 Å². The first-order valence-electron chi connectivity index (χ1n) is 7.58. The molecule has 0 spiro atoms. The summed E-state index contributed by atoms with van der Waals surface area (Å²) in [5.41, 5.74) is -0.453. The molecule has 0 saturated carbocycles. The third-order valence-electron chi connectivity index (χ3n) is 3.46. The topological polar surface area (TPSA) is 61.8 Å². The Labute approximate surface area is 122 Å². The molecule has 20 heavy (non-hydrogen) atoms. The van der Waals surface area contributed by atoms with Gasteiger partial charge in [-0.3, -0.25) is 0 Å². The second-order valence-electron chi connectivity index (χ2n) is 6.99. The van der Waals surface area contributed by atoms with E-state index in [2.05, 4.69) is 5.32 Å². The van der Waals surface area contributed by atoms with Crippen molar-refractivity contribution in [3.05, 3.63) is 0 Å². The molecular weight excluding hydrogens is 256 g/mol. The van der Waals surface area contributed by atoms with E-state index in [1.54, 1.807) is 4.90 Å². The Morgan fingerprint density at radius 3 is 2.65 bits per heavy atom. The smallest absolute Gasteiger partial charge is 0.410 e. The molecule has 0 radical (unpaired) electrons. The number of hydrogen-bond donors (Lipinski definition) is 2. The van der Waals surface area contributed by atoms with Crippen LogP contribution in [0.25, 0.3) is 0 Å². The SMILES string of the molecule is CC(C)C(O)CNC1CCCN(C(=O)OC(C)(C)C)C1. The highest BCUT2D eigenvalue weighted by molar-refractivity contribution is 5.68. The third-order valence-corrected chi connectivity index (χ3v) is 3.46. The van der Waals surface area contributed by atoms with E-state index in [0.29, 0.717) is 13.1 Å². The molecule has 0 aromatic rings. The Morgan fingerprint density at radius 2 is 2.10 bits per heavy atom. The molecule has 1 heterocycles. The zero-order valence-corrected chi connectivity index (χ0v) is 13.5. The van der Waals surface area contributed by atoms with Crippen molar-refractivity contribution in [2.75, 3.05) is 19.6 Å². The number of piperidine rings is 1. The molecular formula is C15H30N2O3. The maximum Gasteiger partial charge on any atom is 0.410 e. The van der Waals surface area contributed by atoms with E-state index < -0.39 is 5.60 Å². The summed E-state index contributed by atoms with van der Waals surface area (Å²) in [6, 6.07) is 0.240. The van der Waals surface area contributed by atoms with Crippen molar-refractivity contribution in [2.24, 2.45) is 5.92 Å². The van der Waals surface area contributed by atoms with E-state index in [0.717, 1.165) is 19.4 Å². The van der Waals surface area contributed by atoms with Crippen LogP contribution >= 0.6 is 0 Å². The van der Waals surface area contributed by atoms with Crippen molar-refractivity contribution in [1.82, 2.24) is 10.2 Å². The van der Waals surface area contributed by atoms with E-state index in [1.165, 1.54) is 0 Å². The van der Waals surface area contributed by atoms with Crippen LogP contribution in [0, 0.1) is 5.92 Å². The van der Waals surface area contributed by atoms with Crippen molar-refractivity contribution < 1.29 is 14.6 Å². The van der Waals surface area contributed by atoms with E-state index in [1.807, 2.05) is 34.6 Å². The van der Waals surface area contributed by atoms with E-state index in [4.69, 9.17) is 4.74 Å². The number of hydrogen-bond acceptors (Lipinski definition) is 4. The molecule has 5 heteroatoms. The first kappa shape index (κ1) is 17.2. The predicted molar refractivity (Wildman–Crippen MR) is 79.7 cm³/mol. The van der Waals surface area contributed by atoms with Crippen LogP contribution in [-0.2, 0) is 4.74 Å². The highest BCUT2D eigenvalue weighted by atomic mass is 16.6. The minimum atomic E-state index is -0.453. The molecule has 0 aliphatic carbocycles. The zero-order valence-electron chi connectivity index (χ0n) is 13.5. The average Bonchev–Trinajstić information content (AvgIpc) is 2.34. The molecule has 1 aliphatic heterocycles. The van der Waals surface area contributed by atoms with Crippen LogP contribution in [0.1, 0.15) is 47.5 Å². The molecule has 5 nitrogen and oxygen atoms in total. The molecule has 1 aliphatic rings. The lowest BCUT2D eigenvalue weighted by atomic mass is 10.0. The molecule has 2 N–H and O–H groups in total. The fourth-order valence-corrected chi connectivity index (χ4v) is 2.16. The summed E-state index contributed by atoms with van der Waals surface area (Å²) in [5.74, 6) is 0.244. The van der Waals surface area contributed by atoms with Gasteiger partial charge < -0.3 is 20.1 Å². The number of carbonyl (C=O) groups excluding carboxylic acids is 1. The van der Waals surface area contributed by atoms with Crippen molar-refractivity contribution >= 4 is 6.09 Å². The number of nitrogens with zero attached hydrogens (tertiary/aromatic N) is 1. The first-order chi connectivity index (χ1) is 9.19. The van der Waals surface area contributed by atoms with Crippen molar-refractivity contribution in [3.8, 4) is 0 Å². The fourth-order valence-electron chi connectivity index (χ4n) is 2.16. The normalized spacial score (nSPS) is 21.9. The lowest BCUT2D eigenvalue weighted by Crippen LogP contribution is -2.50. The van der Waals surface area contributed by atoms with Gasteiger partial charge in [0.2, 0.25) is 0 Å². The van der Waals surface area contributed by atoms with Crippen LogP contribution in [0.3, 0.4) is 0 Å². The molecule has 2 atom stereocenters. The molecule has 0 aromatic carbocycles. The molecule has 1 fully saturated rings. The van der Waals surface area contributed by atoms with Crippen molar-refractivity contribution in [1.29, 1.82) is 0 Å². The van der Waals surface area contributed by atoms with Gasteiger partial charge in [0.05, 0.1) is 6.10 Å². The fraction of sp³-hybridized carbons (Fsp3) is 0.933. The number of nitrogens with one attached hydrogen (secondary N) is 1. The second-order valence-corrected chi connectivity index (χ2v) is 6.99. The lowest BCUT2D eigenvalue weighted by Gasteiger charge is -2.35. The molecule has 1 rings (SSSR count). The molecule has 2 unspecified atom stereocenters. The van der Waals surface area contributed by atoms with Crippen LogP contribution in [0.2, 0.25) is 0 Å². The van der Waals surface area contributed by atoms with Gasteiger partial charge in [0.1, 0.15) is 5.60 Å². The van der Waals surface area contributed by atoms with Gasteiger partial charge in [-0.05, 0) is 39.5 Å². The van der Waals surface area contributed by atoms with Gasteiger partial charge >= 0.3 is 6.09 Å². The Hall–Kier alpha value is -0.810. The largest absolute Gasteiger partial charge is 0.444 e. The number of likely N-dealkylation sites (tertiary alicyclic amines) is 1. The summed E-state index contributed by atoms with van der Waals surface area (Å²) < 4.78 is 5.40. The van der Waals surface area contributed by atoms with Crippen LogP contribution < -0.4 is 5.32 Å². The minimum absolute atomic E-state index is 0.240. The maximum absolute atomic E-state index is 12.0. The van der Waals surface area contributed by atoms with Crippen LogP contribution in [-0.4, -0.2) is 53.5 Å². The standard InChI is InChI=1S/C15H30N2O3/c1-11(2)13(18)9-16-12-7-6-8-17(10-12)14(19)20-15(3,4)5/h11-13,16,18H,6-10H2,1-5H3. The van der Waals surface area contributed by atoms with Gasteiger partial charge in [0, 0.05) is 25.7 Å². The van der Waals surface area contributed by atoms with Crippen LogP contribution in [0.4, 0.5) is 4.79 Å². The van der Waals surface area contributed by atoms with E-state index in [-0.39, 0.29) is 24.2 Å². The number of ether oxygens (including phenoxy) is 1. The Balaban J connectivity index is 2.40. The molecule has 1 amide bonds. The second kappa shape index (κ2) is 7.27. The summed E-state index contributed by atoms with van der Waals surface area (Å²) in [6.07, 6.45) is 1.42. The third kappa shape index (κ3) is 6.09. The van der Waals surface area contributed by atoms with Gasteiger partial charge in [-0.2, -0.15) is 0 Å². The highest BCUT2D eigenvalue weighted by Gasteiger charge is 2.27. The number of amides is 1. The van der Waals surface area contributed by atoms with Gasteiger partial charge in [0.25, 0.3) is 0 Å². The Kier molecular flexibility index (Phi) is 6.27. The van der Waals surface area contributed by atoms with Gasteiger partial charge in [0.15, 0.2) is 0 Å². The number of aliphatic hydroxyl groups is 1. The summed E-state index contributed by atoms with van der Waals surface area (Å²) in [7, 11) is 0. The Bertz CT molecular complexity index is 313. The number of aliphatic hydroxyl groups excluding tert-OH is 1. The average molecular weight is 286 g/mol. The Morgan fingerprint density at radius 1 is 1.45 bits per heavy atom. The van der Waals surface area contributed by atoms with Gasteiger partial charge in [-0.1, -0.05) is 13.8 Å². The predicted octanol–water partition coefficient (Wildman–Crippen LogP) is 1.99.